The second-order valence-electron chi connectivity index (χ2n) is 4.15. The van der Waals surface area contributed by atoms with Gasteiger partial charge in [0.1, 0.15) is 12.4 Å². The minimum absolute atomic E-state index is 0.106. The number of carbonyl (C=O) groups is 2. The summed E-state index contributed by atoms with van der Waals surface area (Å²) in [7, 11) is 0. The summed E-state index contributed by atoms with van der Waals surface area (Å²) in [4.78, 5) is 23.1. The summed E-state index contributed by atoms with van der Waals surface area (Å²) in [5.74, 6) is -0.710. The standard InChI is InChI=1S/C13H13ClN4O3/c14-9-1-3-10(4-2-9)16-12(19)8-21-13(20)7-18-6-5-11(15)17-18/h1-6H,7-8H2,(H2,15,17)(H,16,19). The van der Waals surface area contributed by atoms with E-state index in [0.29, 0.717) is 16.5 Å². The fourth-order valence-corrected chi connectivity index (χ4v) is 1.65. The number of ether oxygens (including phenoxy) is 1. The van der Waals surface area contributed by atoms with Crippen molar-refractivity contribution in [2.24, 2.45) is 0 Å². The van der Waals surface area contributed by atoms with Gasteiger partial charge in [0, 0.05) is 16.9 Å². The highest BCUT2D eigenvalue weighted by Crippen LogP contribution is 2.13. The highest BCUT2D eigenvalue weighted by Gasteiger charge is 2.09. The van der Waals surface area contributed by atoms with Crippen LogP contribution in [0.2, 0.25) is 5.02 Å². The normalized spacial score (nSPS) is 10.1. The second kappa shape index (κ2) is 6.76. The van der Waals surface area contributed by atoms with Gasteiger partial charge in [-0.1, -0.05) is 11.6 Å². The number of aromatic nitrogens is 2. The monoisotopic (exact) mass is 308 g/mol. The van der Waals surface area contributed by atoms with Crippen LogP contribution in [-0.2, 0) is 20.9 Å². The predicted octanol–water partition coefficient (Wildman–Crippen LogP) is 1.30. The molecule has 0 bridgehead atoms. The minimum Gasteiger partial charge on any atom is -0.454 e. The van der Waals surface area contributed by atoms with Gasteiger partial charge in [-0.3, -0.25) is 14.3 Å². The molecule has 21 heavy (non-hydrogen) atoms. The van der Waals surface area contributed by atoms with E-state index in [2.05, 4.69) is 10.4 Å². The van der Waals surface area contributed by atoms with E-state index in [1.54, 1.807) is 36.5 Å². The molecule has 1 heterocycles. The quantitative estimate of drug-likeness (QED) is 0.811. The fraction of sp³-hybridized carbons (Fsp3) is 0.154. The molecule has 1 amide bonds. The first-order valence-electron chi connectivity index (χ1n) is 6.03. The number of esters is 1. The number of halogens is 1. The van der Waals surface area contributed by atoms with E-state index in [4.69, 9.17) is 22.1 Å². The number of anilines is 2. The predicted molar refractivity (Wildman–Crippen MR) is 77.7 cm³/mol. The van der Waals surface area contributed by atoms with Crippen LogP contribution in [0.15, 0.2) is 36.5 Å². The summed E-state index contributed by atoms with van der Waals surface area (Å²) in [5.41, 5.74) is 5.99. The van der Waals surface area contributed by atoms with Gasteiger partial charge in [0.15, 0.2) is 6.61 Å². The smallest absolute Gasteiger partial charge is 0.328 e. The zero-order chi connectivity index (χ0) is 15.2. The number of nitrogen functional groups attached to an aromatic ring is 1. The Hall–Kier alpha value is -2.54. The molecule has 0 radical (unpaired) electrons. The topological polar surface area (TPSA) is 99.2 Å². The lowest BCUT2D eigenvalue weighted by atomic mass is 10.3. The van der Waals surface area contributed by atoms with Crippen LogP contribution >= 0.6 is 11.6 Å². The van der Waals surface area contributed by atoms with E-state index in [-0.39, 0.29) is 13.2 Å². The Kier molecular flexibility index (Phi) is 4.78. The van der Waals surface area contributed by atoms with Crippen molar-refractivity contribution >= 4 is 35.0 Å². The van der Waals surface area contributed by atoms with Crippen molar-refractivity contribution in [3.63, 3.8) is 0 Å². The molecule has 0 saturated carbocycles. The van der Waals surface area contributed by atoms with Crippen molar-refractivity contribution in [2.75, 3.05) is 17.7 Å². The van der Waals surface area contributed by atoms with Gasteiger partial charge in [0.2, 0.25) is 0 Å². The van der Waals surface area contributed by atoms with Crippen LogP contribution in [-0.4, -0.2) is 28.3 Å². The highest BCUT2D eigenvalue weighted by atomic mass is 35.5. The van der Waals surface area contributed by atoms with Gasteiger partial charge < -0.3 is 15.8 Å². The highest BCUT2D eigenvalue weighted by molar-refractivity contribution is 6.30. The number of rotatable bonds is 5. The molecular formula is C13H13ClN4O3. The Morgan fingerprint density at radius 2 is 2.00 bits per heavy atom. The molecule has 110 valence electrons. The van der Waals surface area contributed by atoms with Crippen LogP contribution < -0.4 is 11.1 Å². The second-order valence-corrected chi connectivity index (χ2v) is 4.59. The lowest BCUT2D eigenvalue weighted by Crippen LogP contribution is -2.23. The average Bonchev–Trinajstić information content (AvgIpc) is 2.84. The molecule has 1 aromatic carbocycles. The molecule has 2 rings (SSSR count). The molecule has 7 nitrogen and oxygen atoms in total. The van der Waals surface area contributed by atoms with Crippen LogP contribution in [0.25, 0.3) is 0 Å². The zero-order valence-corrected chi connectivity index (χ0v) is 11.7. The third-order valence-electron chi connectivity index (χ3n) is 2.44. The Bertz CT molecular complexity index is 639. The average molecular weight is 309 g/mol. The van der Waals surface area contributed by atoms with Crippen molar-refractivity contribution in [3.05, 3.63) is 41.6 Å². The zero-order valence-electron chi connectivity index (χ0n) is 11.0. The summed E-state index contributed by atoms with van der Waals surface area (Å²) in [6.07, 6.45) is 1.55. The molecule has 0 aliphatic rings. The summed E-state index contributed by atoms with van der Waals surface area (Å²) >= 11 is 5.73. The maximum Gasteiger partial charge on any atom is 0.328 e. The summed E-state index contributed by atoms with van der Waals surface area (Å²) in [6, 6.07) is 8.14. The number of nitrogens with zero attached hydrogens (tertiary/aromatic N) is 2. The maximum atomic E-state index is 11.6. The molecule has 0 aliphatic heterocycles. The van der Waals surface area contributed by atoms with Crippen molar-refractivity contribution in [3.8, 4) is 0 Å². The number of hydrogen-bond acceptors (Lipinski definition) is 5. The van der Waals surface area contributed by atoms with Gasteiger partial charge in [-0.15, -0.1) is 0 Å². The maximum absolute atomic E-state index is 11.6. The molecule has 3 N–H and O–H groups in total. The first-order chi connectivity index (χ1) is 10.0. The van der Waals surface area contributed by atoms with E-state index >= 15 is 0 Å². The van der Waals surface area contributed by atoms with Crippen LogP contribution in [0.5, 0.6) is 0 Å². The number of nitrogens with two attached hydrogens (primary N) is 1. The molecule has 0 spiro atoms. The van der Waals surface area contributed by atoms with Crippen LogP contribution in [0.4, 0.5) is 11.5 Å². The van der Waals surface area contributed by atoms with Crippen molar-refractivity contribution in [1.29, 1.82) is 0 Å². The molecule has 0 atom stereocenters. The summed E-state index contributed by atoms with van der Waals surface area (Å²) < 4.78 is 6.16. The van der Waals surface area contributed by atoms with Crippen LogP contribution in [0, 0.1) is 0 Å². The van der Waals surface area contributed by atoms with E-state index in [9.17, 15) is 9.59 Å². The first kappa shape index (κ1) is 14.9. The summed E-state index contributed by atoms with van der Waals surface area (Å²) in [6.45, 7) is -0.483. The fourth-order valence-electron chi connectivity index (χ4n) is 1.52. The Labute approximate surface area is 125 Å². The Morgan fingerprint density at radius 1 is 1.29 bits per heavy atom. The third-order valence-corrected chi connectivity index (χ3v) is 2.70. The first-order valence-corrected chi connectivity index (χ1v) is 6.41. The van der Waals surface area contributed by atoms with E-state index in [0.717, 1.165) is 0 Å². The molecule has 0 fully saturated rings. The van der Waals surface area contributed by atoms with Crippen LogP contribution in [0.1, 0.15) is 0 Å². The van der Waals surface area contributed by atoms with E-state index < -0.39 is 11.9 Å². The molecular weight excluding hydrogens is 296 g/mol. The van der Waals surface area contributed by atoms with E-state index in [1.807, 2.05) is 0 Å². The lowest BCUT2D eigenvalue weighted by molar-refractivity contribution is -0.148. The number of carbonyl (C=O) groups excluding carboxylic acids is 2. The Balaban J connectivity index is 1.75. The molecule has 0 aliphatic carbocycles. The van der Waals surface area contributed by atoms with E-state index in [1.165, 1.54) is 4.68 Å². The molecule has 8 heteroatoms. The largest absolute Gasteiger partial charge is 0.454 e. The molecule has 1 aromatic heterocycles. The number of amides is 1. The van der Waals surface area contributed by atoms with Crippen molar-refractivity contribution in [1.82, 2.24) is 9.78 Å². The molecule has 0 unspecified atom stereocenters. The van der Waals surface area contributed by atoms with Crippen LogP contribution in [0.3, 0.4) is 0 Å². The van der Waals surface area contributed by atoms with Gasteiger partial charge in [-0.25, -0.2) is 0 Å². The van der Waals surface area contributed by atoms with Gasteiger partial charge in [0.05, 0.1) is 0 Å². The van der Waals surface area contributed by atoms with Gasteiger partial charge in [-0.2, -0.15) is 5.10 Å². The SMILES string of the molecule is Nc1ccn(CC(=O)OCC(=O)Nc2ccc(Cl)cc2)n1. The third kappa shape index (κ3) is 4.81. The lowest BCUT2D eigenvalue weighted by Gasteiger charge is -2.06. The summed E-state index contributed by atoms with van der Waals surface area (Å²) in [5, 5.41) is 6.98. The Morgan fingerprint density at radius 3 is 2.62 bits per heavy atom. The number of hydrogen-bond donors (Lipinski definition) is 2. The van der Waals surface area contributed by atoms with Crippen molar-refractivity contribution in [2.45, 2.75) is 6.54 Å². The number of benzene rings is 1. The van der Waals surface area contributed by atoms with Gasteiger partial charge in [-0.05, 0) is 30.3 Å². The minimum atomic E-state index is -0.579. The molecule has 0 saturated heterocycles. The van der Waals surface area contributed by atoms with Gasteiger partial charge in [0.25, 0.3) is 5.91 Å². The number of nitrogens with one attached hydrogen (secondary N) is 1. The molecule has 2 aromatic rings. The van der Waals surface area contributed by atoms with Crippen molar-refractivity contribution < 1.29 is 14.3 Å². The van der Waals surface area contributed by atoms with Gasteiger partial charge >= 0.3 is 5.97 Å².